The van der Waals surface area contributed by atoms with Crippen LogP contribution in [0.25, 0.3) is 0 Å². The number of hydrogen-bond acceptors (Lipinski definition) is 4. The Morgan fingerprint density at radius 1 is 1.64 bits per heavy atom. The Morgan fingerprint density at radius 2 is 2.29 bits per heavy atom. The van der Waals surface area contributed by atoms with Crippen LogP contribution in [0.4, 0.5) is 0 Å². The first kappa shape index (κ1) is 10.9. The van der Waals surface area contributed by atoms with Gasteiger partial charge in [0.15, 0.2) is 9.84 Å². The first-order valence-electron chi connectivity index (χ1n) is 4.08. The van der Waals surface area contributed by atoms with E-state index < -0.39 is 9.84 Å². The summed E-state index contributed by atoms with van der Waals surface area (Å²) < 4.78 is 23.4. The van der Waals surface area contributed by atoms with Gasteiger partial charge in [-0.2, -0.15) is 0 Å². The zero-order valence-electron chi connectivity index (χ0n) is 8.27. The second-order valence-corrected chi connectivity index (χ2v) is 5.57. The predicted octanol–water partition coefficient (Wildman–Crippen LogP) is 0.399. The van der Waals surface area contributed by atoms with Crippen LogP contribution in [0.1, 0.15) is 12.6 Å². The number of hydrogen-bond donors (Lipinski definition) is 0. The van der Waals surface area contributed by atoms with Gasteiger partial charge in [0.1, 0.15) is 0 Å². The Hall–Kier alpha value is -1.17. The first-order valence-corrected chi connectivity index (χ1v) is 6.14. The quantitative estimate of drug-likeness (QED) is 0.682. The van der Waals surface area contributed by atoms with E-state index in [9.17, 15) is 8.42 Å². The topological polar surface area (TPSA) is 64.8 Å². The minimum Gasteiger partial charge on any atom is -0.248 e. The molecule has 0 amide bonds. The standard InChI is InChI=1S/C8H13N3O2S/c1-7(2)4-11-5-8(9-10-11)6-14(3,12)13/h5H,1,4,6H2,2-3H3. The van der Waals surface area contributed by atoms with Crippen LogP contribution >= 0.6 is 0 Å². The van der Waals surface area contributed by atoms with Crippen molar-refractivity contribution in [3.8, 4) is 0 Å². The van der Waals surface area contributed by atoms with Crippen molar-refractivity contribution >= 4 is 9.84 Å². The van der Waals surface area contributed by atoms with E-state index in [-0.39, 0.29) is 5.75 Å². The van der Waals surface area contributed by atoms with Gasteiger partial charge in [0.05, 0.1) is 18.0 Å². The molecule has 1 heterocycles. The Morgan fingerprint density at radius 3 is 2.79 bits per heavy atom. The van der Waals surface area contributed by atoms with E-state index in [0.717, 1.165) is 5.57 Å². The molecule has 0 fully saturated rings. The lowest BCUT2D eigenvalue weighted by Crippen LogP contribution is -2.01. The maximum absolute atomic E-state index is 10.9. The average Bonchev–Trinajstić information content (AvgIpc) is 2.30. The molecule has 0 unspecified atom stereocenters. The fraction of sp³-hybridized carbons (Fsp3) is 0.500. The Labute approximate surface area is 83.4 Å². The van der Waals surface area contributed by atoms with Crippen molar-refractivity contribution in [2.24, 2.45) is 0 Å². The Bertz CT molecular complexity index is 433. The average molecular weight is 215 g/mol. The lowest BCUT2D eigenvalue weighted by atomic mass is 10.3. The minimum absolute atomic E-state index is 0.0663. The SMILES string of the molecule is C=C(C)Cn1cc(CS(C)(=O)=O)nn1. The van der Waals surface area contributed by atoms with Crippen LogP contribution in [-0.2, 0) is 22.1 Å². The smallest absolute Gasteiger partial charge is 0.153 e. The summed E-state index contributed by atoms with van der Waals surface area (Å²) >= 11 is 0. The number of sulfone groups is 1. The zero-order chi connectivity index (χ0) is 10.8. The molecular formula is C8H13N3O2S. The molecule has 0 aliphatic rings. The van der Waals surface area contributed by atoms with Crippen molar-refractivity contribution in [3.63, 3.8) is 0 Å². The second-order valence-electron chi connectivity index (χ2n) is 3.43. The van der Waals surface area contributed by atoms with Gasteiger partial charge in [0.2, 0.25) is 0 Å². The van der Waals surface area contributed by atoms with Crippen molar-refractivity contribution in [3.05, 3.63) is 24.0 Å². The van der Waals surface area contributed by atoms with E-state index >= 15 is 0 Å². The van der Waals surface area contributed by atoms with E-state index in [1.807, 2.05) is 6.92 Å². The van der Waals surface area contributed by atoms with Crippen LogP contribution < -0.4 is 0 Å². The molecular weight excluding hydrogens is 202 g/mol. The highest BCUT2D eigenvalue weighted by atomic mass is 32.2. The molecule has 0 spiro atoms. The Balaban J connectivity index is 2.74. The van der Waals surface area contributed by atoms with Gasteiger partial charge in [-0.15, -0.1) is 5.10 Å². The summed E-state index contributed by atoms with van der Waals surface area (Å²) in [6.45, 7) is 6.17. The van der Waals surface area contributed by atoms with E-state index in [4.69, 9.17) is 0 Å². The fourth-order valence-corrected chi connectivity index (χ4v) is 1.70. The maximum atomic E-state index is 10.9. The molecule has 5 nitrogen and oxygen atoms in total. The molecule has 0 N–H and O–H groups in total. The van der Waals surface area contributed by atoms with Crippen LogP contribution in [0, 0.1) is 0 Å². The third-order valence-corrected chi connectivity index (χ3v) is 2.25. The van der Waals surface area contributed by atoms with Gasteiger partial charge < -0.3 is 0 Å². The fourth-order valence-electron chi connectivity index (χ4n) is 1.03. The molecule has 78 valence electrons. The highest BCUT2D eigenvalue weighted by Crippen LogP contribution is 2.01. The molecule has 14 heavy (non-hydrogen) atoms. The van der Waals surface area contributed by atoms with Gasteiger partial charge in [-0.3, -0.25) is 0 Å². The van der Waals surface area contributed by atoms with Crippen LogP contribution in [0.15, 0.2) is 18.3 Å². The summed E-state index contributed by atoms with van der Waals surface area (Å²) in [5, 5.41) is 7.53. The molecule has 0 atom stereocenters. The van der Waals surface area contributed by atoms with E-state index in [2.05, 4.69) is 16.9 Å². The number of rotatable bonds is 4. The van der Waals surface area contributed by atoms with E-state index in [1.54, 1.807) is 10.9 Å². The summed E-state index contributed by atoms with van der Waals surface area (Å²) in [5.74, 6) is -0.0663. The van der Waals surface area contributed by atoms with Crippen molar-refractivity contribution in [1.29, 1.82) is 0 Å². The zero-order valence-corrected chi connectivity index (χ0v) is 9.08. The largest absolute Gasteiger partial charge is 0.248 e. The summed E-state index contributed by atoms with van der Waals surface area (Å²) in [6, 6.07) is 0. The van der Waals surface area contributed by atoms with E-state index in [0.29, 0.717) is 12.2 Å². The molecule has 0 aromatic carbocycles. The maximum Gasteiger partial charge on any atom is 0.153 e. The molecule has 0 saturated carbocycles. The molecule has 6 heteroatoms. The molecule has 1 aromatic heterocycles. The van der Waals surface area contributed by atoms with Crippen LogP contribution in [-0.4, -0.2) is 29.7 Å². The van der Waals surface area contributed by atoms with Crippen LogP contribution in [0.5, 0.6) is 0 Å². The third-order valence-electron chi connectivity index (χ3n) is 1.43. The highest BCUT2D eigenvalue weighted by Gasteiger charge is 2.08. The van der Waals surface area contributed by atoms with E-state index in [1.165, 1.54) is 6.26 Å². The van der Waals surface area contributed by atoms with Crippen molar-refractivity contribution in [2.45, 2.75) is 19.2 Å². The Kier molecular flexibility index (Phi) is 3.05. The lowest BCUT2D eigenvalue weighted by molar-refractivity contribution is 0.600. The van der Waals surface area contributed by atoms with Gasteiger partial charge in [0, 0.05) is 12.5 Å². The molecule has 1 aromatic rings. The minimum atomic E-state index is -3.03. The molecule has 0 bridgehead atoms. The second kappa shape index (κ2) is 3.91. The molecule has 0 saturated heterocycles. The molecule has 0 aliphatic carbocycles. The summed E-state index contributed by atoms with van der Waals surface area (Å²) in [6.07, 6.45) is 2.79. The summed E-state index contributed by atoms with van der Waals surface area (Å²) in [5.41, 5.74) is 1.41. The highest BCUT2D eigenvalue weighted by molar-refractivity contribution is 7.89. The number of nitrogens with zero attached hydrogens (tertiary/aromatic N) is 3. The third kappa shape index (κ3) is 3.69. The number of aromatic nitrogens is 3. The van der Waals surface area contributed by atoms with Crippen molar-refractivity contribution in [1.82, 2.24) is 15.0 Å². The summed E-state index contributed by atoms with van der Waals surface area (Å²) in [4.78, 5) is 0. The van der Waals surface area contributed by atoms with Gasteiger partial charge in [-0.05, 0) is 6.92 Å². The van der Waals surface area contributed by atoms with Crippen LogP contribution in [0.2, 0.25) is 0 Å². The monoisotopic (exact) mass is 215 g/mol. The van der Waals surface area contributed by atoms with Crippen LogP contribution in [0.3, 0.4) is 0 Å². The molecule has 0 aliphatic heterocycles. The van der Waals surface area contributed by atoms with Gasteiger partial charge in [0.25, 0.3) is 0 Å². The molecule has 1 rings (SSSR count). The number of allylic oxidation sites excluding steroid dienone is 1. The van der Waals surface area contributed by atoms with Crippen molar-refractivity contribution < 1.29 is 8.42 Å². The summed E-state index contributed by atoms with van der Waals surface area (Å²) in [7, 11) is -3.03. The van der Waals surface area contributed by atoms with Gasteiger partial charge in [-0.25, -0.2) is 13.1 Å². The van der Waals surface area contributed by atoms with Gasteiger partial charge >= 0.3 is 0 Å². The lowest BCUT2D eigenvalue weighted by Gasteiger charge is -1.96. The van der Waals surface area contributed by atoms with Crippen molar-refractivity contribution in [2.75, 3.05) is 6.26 Å². The first-order chi connectivity index (χ1) is 6.37. The predicted molar refractivity (Wildman–Crippen MR) is 53.4 cm³/mol. The molecule has 0 radical (unpaired) electrons. The van der Waals surface area contributed by atoms with Gasteiger partial charge in [-0.1, -0.05) is 17.4 Å². The normalized spacial score (nSPS) is 11.6.